The lowest BCUT2D eigenvalue weighted by molar-refractivity contribution is 0.0662. The summed E-state index contributed by atoms with van der Waals surface area (Å²) in [5.74, 6) is -1.65. The molecule has 0 radical (unpaired) electrons. The van der Waals surface area contributed by atoms with Crippen molar-refractivity contribution in [2.75, 3.05) is 0 Å². The zero-order valence-electron chi connectivity index (χ0n) is 8.14. The maximum absolute atomic E-state index is 11.6. The van der Waals surface area contributed by atoms with Crippen LogP contribution in [0.2, 0.25) is 0 Å². The minimum Gasteiger partial charge on any atom is -0.475 e. The molecule has 2 heterocycles. The van der Waals surface area contributed by atoms with Crippen LogP contribution in [-0.2, 0) is 7.05 Å². The van der Waals surface area contributed by atoms with Crippen LogP contribution < -0.4 is 5.43 Å². The van der Waals surface area contributed by atoms with Crippen LogP contribution >= 0.6 is 0 Å². The largest absolute Gasteiger partial charge is 0.475 e. The van der Waals surface area contributed by atoms with Gasteiger partial charge in [-0.2, -0.15) is 5.10 Å². The molecule has 0 aromatic carbocycles. The van der Waals surface area contributed by atoms with E-state index in [1.165, 1.54) is 4.68 Å². The average Bonchev–Trinajstić information content (AvgIpc) is 2.42. The molecule has 0 aliphatic heterocycles. The molecule has 0 aliphatic rings. The van der Waals surface area contributed by atoms with Gasteiger partial charge in [0.2, 0.25) is 11.5 Å². The lowest BCUT2D eigenvalue weighted by Gasteiger charge is -1.95. The Bertz CT molecular complexity index is 608. The second-order valence-corrected chi connectivity index (χ2v) is 3.17. The lowest BCUT2D eigenvalue weighted by atomic mass is 10.2. The summed E-state index contributed by atoms with van der Waals surface area (Å²) in [4.78, 5) is 22.2. The normalized spacial score (nSPS) is 10.8. The Morgan fingerprint density at radius 3 is 2.87 bits per heavy atom. The van der Waals surface area contributed by atoms with Crippen LogP contribution in [0.4, 0.5) is 0 Å². The van der Waals surface area contributed by atoms with Gasteiger partial charge in [0.15, 0.2) is 5.43 Å². The predicted octanol–water partition coefficient (Wildman–Crippen LogP) is 0.533. The Balaban J connectivity index is 2.94. The summed E-state index contributed by atoms with van der Waals surface area (Å²) in [7, 11) is 1.59. The predicted molar refractivity (Wildman–Crippen MR) is 50.9 cm³/mol. The number of hydrogen-bond donors (Lipinski definition) is 1. The van der Waals surface area contributed by atoms with Gasteiger partial charge in [0.1, 0.15) is 5.39 Å². The Labute approximate surface area is 83.7 Å². The smallest absolute Gasteiger partial charge is 0.372 e. The topological polar surface area (TPSA) is 85.3 Å². The van der Waals surface area contributed by atoms with Gasteiger partial charge in [-0.1, -0.05) is 0 Å². The van der Waals surface area contributed by atoms with E-state index in [0.29, 0.717) is 11.1 Å². The Hall–Kier alpha value is -2.11. The van der Waals surface area contributed by atoms with Gasteiger partial charge in [-0.15, -0.1) is 0 Å². The second kappa shape index (κ2) is 2.94. The minimum absolute atomic E-state index is 0.178. The molecule has 6 heteroatoms. The molecule has 0 spiro atoms. The zero-order valence-corrected chi connectivity index (χ0v) is 8.14. The average molecular weight is 208 g/mol. The summed E-state index contributed by atoms with van der Waals surface area (Å²) < 4.78 is 6.40. The van der Waals surface area contributed by atoms with Crippen LogP contribution in [0.1, 0.15) is 16.2 Å². The number of carbonyl (C=O) groups is 1. The number of hydrogen-bond acceptors (Lipinski definition) is 4. The standard InChI is InChI=1S/C9H8N2O4/c1-4-7-5(12)3-6(9(13)14)15-8(7)11(2)10-4/h3H,1-2H3,(H,13,14). The van der Waals surface area contributed by atoms with Crippen molar-refractivity contribution < 1.29 is 14.3 Å². The first-order valence-corrected chi connectivity index (χ1v) is 4.21. The van der Waals surface area contributed by atoms with Crippen molar-refractivity contribution in [1.29, 1.82) is 0 Å². The Kier molecular flexibility index (Phi) is 1.85. The molecule has 15 heavy (non-hydrogen) atoms. The molecular weight excluding hydrogens is 200 g/mol. The van der Waals surface area contributed by atoms with Gasteiger partial charge in [0, 0.05) is 13.1 Å². The number of rotatable bonds is 1. The first-order valence-electron chi connectivity index (χ1n) is 4.21. The first kappa shape index (κ1) is 9.45. The third-order valence-electron chi connectivity index (χ3n) is 2.10. The van der Waals surface area contributed by atoms with E-state index < -0.39 is 5.97 Å². The fourth-order valence-corrected chi connectivity index (χ4v) is 1.47. The van der Waals surface area contributed by atoms with Crippen molar-refractivity contribution in [1.82, 2.24) is 9.78 Å². The van der Waals surface area contributed by atoms with Gasteiger partial charge in [0.25, 0.3) is 0 Å². The minimum atomic E-state index is -1.27. The fourth-order valence-electron chi connectivity index (χ4n) is 1.47. The van der Waals surface area contributed by atoms with Crippen LogP contribution in [0.3, 0.4) is 0 Å². The quantitative estimate of drug-likeness (QED) is 0.738. The number of aromatic carboxylic acids is 1. The van der Waals surface area contributed by atoms with Gasteiger partial charge in [0.05, 0.1) is 5.69 Å². The maximum atomic E-state index is 11.6. The van der Waals surface area contributed by atoms with Crippen LogP contribution in [-0.4, -0.2) is 20.9 Å². The number of aryl methyl sites for hydroxylation is 2. The zero-order chi connectivity index (χ0) is 11.2. The van der Waals surface area contributed by atoms with E-state index in [1.807, 2.05) is 0 Å². The lowest BCUT2D eigenvalue weighted by Crippen LogP contribution is -2.06. The molecule has 6 nitrogen and oxygen atoms in total. The van der Waals surface area contributed by atoms with Gasteiger partial charge in [-0.05, 0) is 6.92 Å². The third-order valence-corrected chi connectivity index (χ3v) is 2.10. The highest BCUT2D eigenvalue weighted by Crippen LogP contribution is 2.14. The van der Waals surface area contributed by atoms with Crippen molar-refractivity contribution in [3.63, 3.8) is 0 Å². The fraction of sp³-hybridized carbons (Fsp3) is 0.222. The summed E-state index contributed by atoms with van der Waals surface area (Å²) in [6, 6.07) is 0.958. The number of aromatic nitrogens is 2. The second-order valence-electron chi connectivity index (χ2n) is 3.17. The van der Waals surface area contributed by atoms with Crippen LogP contribution in [0.25, 0.3) is 11.1 Å². The molecule has 2 aromatic rings. The van der Waals surface area contributed by atoms with Gasteiger partial charge < -0.3 is 9.52 Å². The summed E-state index contributed by atoms with van der Waals surface area (Å²) >= 11 is 0. The van der Waals surface area contributed by atoms with E-state index in [9.17, 15) is 9.59 Å². The van der Waals surface area contributed by atoms with E-state index in [2.05, 4.69) is 5.10 Å². The highest BCUT2D eigenvalue weighted by molar-refractivity contribution is 5.87. The van der Waals surface area contributed by atoms with E-state index in [0.717, 1.165) is 6.07 Å². The molecule has 2 aromatic heterocycles. The SMILES string of the molecule is Cc1nn(C)c2oc(C(=O)O)cc(=O)c12. The molecule has 1 N–H and O–H groups in total. The van der Waals surface area contributed by atoms with Crippen LogP contribution in [0, 0.1) is 6.92 Å². The number of fused-ring (bicyclic) bond motifs is 1. The molecule has 0 amide bonds. The van der Waals surface area contributed by atoms with E-state index in [4.69, 9.17) is 9.52 Å². The molecule has 0 saturated carbocycles. The van der Waals surface area contributed by atoms with E-state index in [1.54, 1.807) is 14.0 Å². The van der Waals surface area contributed by atoms with Crippen molar-refractivity contribution in [2.24, 2.45) is 7.05 Å². The molecule has 0 aliphatic carbocycles. The summed E-state index contributed by atoms with van der Waals surface area (Å²) in [5, 5.41) is 13.0. The molecule has 78 valence electrons. The first-order chi connectivity index (χ1) is 7.00. The highest BCUT2D eigenvalue weighted by Gasteiger charge is 2.15. The summed E-state index contributed by atoms with van der Waals surface area (Å²) in [5.41, 5.74) is 0.315. The molecule has 0 fully saturated rings. The van der Waals surface area contributed by atoms with Crippen LogP contribution in [0.15, 0.2) is 15.3 Å². The van der Waals surface area contributed by atoms with Crippen molar-refractivity contribution in [3.05, 3.63) is 27.7 Å². The van der Waals surface area contributed by atoms with Crippen LogP contribution in [0.5, 0.6) is 0 Å². The monoisotopic (exact) mass is 208 g/mol. The van der Waals surface area contributed by atoms with Gasteiger partial charge >= 0.3 is 5.97 Å². The Morgan fingerprint density at radius 1 is 1.60 bits per heavy atom. The maximum Gasteiger partial charge on any atom is 0.372 e. The van der Waals surface area contributed by atoms with E-state index >= 15 is 0 Å². The van der Waals surface area contributed by atoms with Gasteiger partial charge in [-0.25, -0.2) is 9.48 Å². The van der Waals surface area contributed by atoms with Crippen molar-refractivity contribution >= 4 is 17.1 Å². The number of carboxylic acids is 1. The molecule has 0 atom stereocenters. The molecule has 0 unspecified atom stereocenters. The van der Waals surface area contributed by atoms with Crippen molar-refractivity contribution in [3.8, 4) is 0 Å². The van der Waals surface area contributed by atoms with Crippen molar-refractivity contribution in [2.45, 2.75) is 6.92 Å². The molecule has 2 rings (SSSR count). The van der Waals surface area contributed by atoms with E-state index in [-0.39, 0.29) is 16.9 Å². The molecular formula is C9H8N2O4. The molecule has 0 bridgehead atoms. The summed E-state index contributed by atoms with van der Waals surface area (Å²) in [6.45, 7) is 1.67. The Morgan fingerprint density at radius 2 is 2.27 bits per heavy atom. The molecule has 0 saturated heterocycles. The van der Waals surface area contributed by atoms with Gasteiger partial charge in [-0.3, -0.25) is 4.79 Å². The summed E-state index contributed by atoms with van der Waals surface area (Å²) in [6.07, 6.45) is 0. The number of nitrogens with zero attached hydrogens (tertiary/aromatic N) is 2. The third kappa shape index (κ3) is 1.30. The number of carboxylic acid groups (broad SMARTS) is 1. The highest BCUT2D eigenvalue weighted by atomic mass is 16.4.